The second-order valence-electron chi connectivity index (χ2n) is 10.0. The van der Waals surface area contributed by atoms with Gasteiger partial charge in [-0.1, -0.05) is 61.4 Å². The van der Waals surface area contributed by atoms with Gasteiger partial charge in [0.1, 0.15) is 12.6 Å². The Balaban J connectivity index is 1.17. The number of hydrogen-bond acceptors (Lipinski definition) is 4. The minimum Gasteiger partial charge on any atom is -0.480 e. The van der Waals surface area contributed by atoms with Gasteiger partial charge in [-0.25, -0.2) is 9.59 Å². The summed E-state index contributed by atoms with van der Waals surface area (Å²) in [5.41, 5.74) is 4.69. The summed E-state index contributed by atoms with van der Waals surface area (Å²) in [5.74, 6) is -1.22. The minimum atomic E-state index is -0.974. The van der Waals surface area contributed by atoms with Crippen LogP contribution in [0.4, 0.5) is 4.79 Å². The summed E-state index contributed by atoms with van der Waals surface area (Å²) in [7, 11) is 0. The zero-order chi connectivity index (χ0) is 24.4. The van der Waals surface area contributed by atoms with E-state index in [2.05, 4.69) is 34.9 Å². The quantitative estimate of drug-likeness (QED) is 0.522. The number of fused-ring (bicyclic) bond motifs is 3. The van der Waals surface area contributed by atoms with E-state index in [1.165, 1.54) is 11.1 Å². The maximum absolute atomic E-state index is 12.8. The van der Waals surface area contributed by atoms with Crippen LogP contribution in [0.3, 0.4) is 0 Å². The van der Waals surface area contributed by atoms with Gasteiger partial charge in [0.15, 0.2) is 0 Å². The molecule has 0 bridgehead atoms. The largest absolute Gasteiger partial charge is 0.480 e. The molecule has 5 rings (SSSR count). The van der Waals surface area contributed by atoms with Crippen molar-refractivity contribution in [3.63, 3.8) is 0 Å². The van der Waals surface area contributed by atoms with Crippen LogP contribution >= 0.6 is 0 Å². The van der Waals surface area contributed by atoms with Gasteiger partial charge in [0.2, 0.25) is 5.91 Å². The molecule has 0 radical (unpaired) electrons. The summed E-state index contributed by atoms with van der Waals surface area (Å²) in [5, 5.41) is 15.1. The summed E-state index contributed by atoms with van der Waals surface area (Å²) >= 11 is 0. The number of nitrogens with one attached hydrogen (secondary N) is 2. The van der Waals surface area contributed by atoms with Crippen LogP contribution in [-0.4, -0.2) is 41.8 Å². The molecule has 35 heavy (non-hydrogen) atoms. The topological polar surface area (TPSA) is 105 Å². The molecule has 0 spiro atoms. The van der Waals surface area contributed by atoms with E-state index in [9.17, 15) is 19.5 Å². The van der Waals surface area contributed by atoms with Crippen LogP contribution in [0, 0.1) is 11.8 Å². The third-order valence-electron chi connectivity index (χ3n) is 7.68. The van der Waals surface area contributed by atoms with Crippen molar-refractivity contribution in [1.29, 1.82) is 0 Å². The fourth-order valence-electron chi connectivity index (χ4n) is 5.71. The summed E-state index contributed by atoms with van der Waals surface area (Å²) < 4.78 is 5.70. The molecule has 7 nitrogen and oxygen atoms in total. The van der Waals surface area contributed by atoms with Crippen molar-refractivity contribution >= 4 is 18.0 Å². The van der Waals surface area contributed by atoms with Crippen molar-refractivity contribution < 1.29 is 24.2 Å². The molecule has 1 unspecified atom stereocenters. The fraction of sp³-hybridized carbons (Fsp3) is 0.464. The molecule has 3 N–H and O–H groups in total. The number of ether oxygens (including phenoxy) is 1. The molecule has 0 aromatic heterocycles. The number of carbonyl (C=O) groups is 3. The van der Waals surface area contributed by atoms with Crippen molar-refractivity contribution in [2.45, 2.75) is 62.9 Å². The second kappa shape index (κ2) is 10.1. The van der Waals surface area contributed by atoms with E-state index >= 15 is 0 Å². The Labute approximate surface area is 205 Å². The first-order valence-electron chi connectivity index (χ1n) is 12.6. The zero-order valence-corrected chi connectivity index (χ0v) is 19.7. The van der Waals surface area contributed by atoms with Gasteiger partial charge in [-0.2, -0.15) is 0 Å². The lowest BCUT2D eigenvalue weighted by atomic mass is 9.82. The van der Waals surface area contributed by atoms with Gasteiger partial charge in [-0.05, 0) is 59.8 Å². The molecule has 3 aliphatic carbocycles. The molecule has 0 aliphatic heterocycles. The summed E-state index contributed by atoms with van der Waals surface area (Å²) in [4.78, 5) is 36.8. The van der Waals surface area contributed by atoms with E-state index in [-0.39, 0.29) is 42.7 Å². The number of amides is 2. The number of carbonyl (C=O) groups excluding carboxylic acids is 2. The molecule has 3 atom stereocenters. The zero-order valence-electron chi connectivity index (χ0n) is 19.7. The van der Waals surface area contributed by atoms with Gasteiger partial charge in [-0.3, -0.25) is 4.79 Å². The predicted molar refractivity (Wildman–Crippen MR) is 131 cm³/mol. The highest BCUT2D eigenvalue weighted by Gasteiger charge is 2.38. The van der Waals surface area contributed by atoms with E-state index in [4.69, 9.17) is 4.74 Å². The van der Waals surface area contributed by atoms with Crippen LogP contribution < -0.4 is 10.6 Å². The van der Waals surface area contributed by atoms with Crippen LogP contribution in [0.2, 0.25) is 0 Å². The van der Waals surface area contributed by atoms with Crippen LogP contribution in [0.15, 0.2) is 48.5 Å². The molecular weight excluding hydrogens is 444 g/mol. The van der Waals surface area contributed by atoms with E-state index in [0.717, 1.165) is 49.7 Å². The van der Waals surface area contributed by atoms with Gasteiger partial charge < -0.3 is 20.5 Å². The van der Waals surface area contributed by atoms with Crippen LogP contribution in [0.5, 0.6) is 0 Å². The van der Waals surface area contributed by atoms with Crippen molar-refractivity contribution in [2.24, 2.45) is 11.8 Å². The molecule has 2 saturated carbocycles. The molecule has 7 heteroatoms. The highest BCUT2D eigenvalue weighted by molar-refractivity contribution is 5.84. The molecule has 2 amide bonds. The molecule has 0 saturated heterocycles. The summed E-state index contributed by atoms with van der Waals surface area (Å²) in [6.45, 7) is 0.249. The van der Waals surface area contributed by atoms with Crippen LogP contribution in [0.1, 0.15) is 62.0 Å². The molecule has 2 aromatic rings. The minimum absolute atomic E-state index is 0.00328. The maximum atomic E-state index is 12.8. The number of carboxylic acids is 1. The normalized spacial score (nSPS) is 21.9. The Hall–Kier alpha value is -3.35. The SMILES string of the molecule is O=C(C[C@@H]1CCCC[C@@H]1NC(=O)OCC1c2ccccc2-c2ccccc21)NC(C(=O)O)C1CC1. The fourth-order valence-corrected chi connectivity index (χ4v) is 5.71. The number of benzene rings is 2. The van der Waals surface area contributed by atoms with E-state index in [0.29, 0.717) is 0 Å². The number of hydrogen-bond donors (Lipinski definition) is 3. The Morgan fingerprint density at radius 3 is 2.17 bits per heavy atom. The monoisotopic (exact) mass is 476 g/mol. The Bertz CT molecular complexity index is 1070. The Kier molecular flexibility index (Phi) is 6.75. The molecule has 2 aromatic carbocycles. The first-order valence-corrected chi connectivity index (χ1v) is 12.6. The smallest absolute Gasteiger partial charge is 0.407 e. The standard InChI is InChI=1S/C28H32N2O5/c31-25(30-26(27(32)33)17-13-14-17)15-18-7-1-6-12-24(18)29-28(34)35-16-23-21-10-4-2-8-19(21)20-9-3-5-11-22(20)23/h2-5,8-11,17-18,23-24,26H,1,6-7,12-16H2,(H,29,34)(H,30,31)(H,32,33)/t18-,24-,26?/m0/s1. The lowest BCUT2D eigenvalue weighted by Crippen LogP contribution is -2.47. The van der Waals surface area contributed by atoms with Gasteiger partial charge in [0.05, 0.1) is 0 Å². The summed E-state index contributed by atoms with van der Waals surface area (Å²) in [6, 6.07) is 15.5. The number of rotatable bonds is 8. The lowest BCUT2D eigenvalue weighted by Gasteiger charge is -2.32. The highest BCUT2D eigenvalue weighted by Crippen LogP contribution is 2.44. The third kappa shape index (κ3) is 5.19. The average Bonchev–Trinajstić information content (AvgIpc) is 3.65. The second-order valence-corrected chi connectivity index (χ2v) is 10.0. The van der Waals surface area contributed by atoms with Gasteiger partial charge in [0, 0.05) is 18.4 Å². The average molecular weight is 477 g/mol. The molecule has 0 heterocycles. The van der Waals surface area contributed by atoms with Gasteiger partial charge >= 0.3 is 12.1 Å². The van der Waals surface area contributed by atoms with Crippen molar-refractivity contribution in [3.8, 4) is 11.1 Å². The lowest BCUT2D eigenvalue weighted by molar-refractivity contribution is -0.142. The number of carboxylic acid groups (broad SMARTS) is 1. The van der Waals surface area contributed by atoms with E-state index in [1.807, 2.05) is 24.3 Å². The van der Waals surface area contributed by atoms with Crippen molar-refractivity contribution in [1.82, 2.24) is 10.6 Å². The molecule has 184 valence electrons. The first kappa shape index (κ1) is 23.4. The third-order valence-corrected chi connectivity index (χ3v) is 7.68. The maximum Gasteiger partial charge on any atom is 0.407 e. The first-order chi connectivity index (χ1) is 17.0. The van der Waals surface area contributed by atoms with E-state index in [1.54, 1.807) is 0 Å². The van der Waals surface area contributed by atoms with Crippen molar-refractivity contribution in [2.75, 3.05) is 6.61 Å². The Morgan fingerprint density at radius 1 is 0.914 bits per heavy atom. The molecule has 2 fully saturated rings. The number of aliphatic carboxylic acids is 1. The molecule has 3 aliphatic rings. The van der Waals surface area contributed by atoms with E-state index < -0.39 is 18.1 Å². The van der Waals surface area contributed by atoms with Crippen molar-refractivity contribution in [3.05, 3.63) is 59.7 Å². The summed E-state index contributed by atoms with van der Waals surface area (Å²) in [6.07, 6.45) is 5.00. The molecular formula is C28H32N2O5. The van der Waals surface area contributed by atoms with Crippen LogP contribution in [0.25, 0.3) is 11.1 Å². The van der Waals surface area contributed by atoms with Gasteiger partial charge in [-0.15, -0.1) is 0 Å². The number of alkyl carbamates (subject to hydrolysis) is 1. The Morgan fingerprint density at radius 2 is 1.54 bits per heavy atom. The van der Waals surface area contributed by atoms with Crippen LogP contribution in [-0.2, 0) is 14.3 Å². The highest BCUT2D eigenvalue weighted by atomic mass is 16.5. The van der Waals surface area contributed by atoms with Gasteiger partial charge in [0.25, 0.3) is 0 Å². The predicted octanol–water partition coefficient (Wildman–Crippen LogP) is 4.45.